The maximum atomic E-state index is 13.1. The average Bonchev–Trinajstić information content (AvgIpc) is 3.23. The van der Waals surface area contributed by atoms with Gasteiger partial charge in [0.05, 0.1) is 28.0 Å². The van der Waals surface area contributed by atoms with Crippen LogP contribution in [0.4, 0.5) is 16.3 Å². The topological polar surface area (TPSA) is 88.5 Å². The van der Waals surface area contributed by atoms with Gasteiger partial charge in [-0.3, -0.25) is 4.79 Å². The van der Waals surface area contributed by atoms with E-state index in [-0.39, 0.29) is 31.0 Å². The molecule has 2 aromatic carbocycles. The van der Waals surface area contributed by atoms with Crippen molar-refractivity contribution in [3.63, 3.8) is 0 Å². The zero-order valence-corrected chi connectivity index (χ0v) is 22.6. The van der Waals surface area contributed by atoms with Crippen molar-refractivity contribution in [3.05, 3.63) is 69.8 Å². The molecule has 0 atom stereocenters. The molecule has 0 saturated heterocycles. The van der Waals surface area contributed by atoms with Gasteiger partial charge in [0.15, 0.2) is 0 Å². The minimum atomic E-state index is -0.469. The van der Waals surface area contributed by atoms with Crippen molar-refractivity contribution in [1.82, 2.24) is 14.7 Å². The van der Waals surface area contributed by atoms with Crippen LogP contribution in [0.3, 0.4) is 0 Å². The summed E-state index contributed by atoms with van der Waals surface area (Å²) in [6.45, 7) is 8.44. The second-order valence-electron chi connectivity index (χ2n) is 9.38. The van der Waals surface area contributed by atoms with Crippen LogP contribution in [0, 0.1) is 6.92 Å². The Hall–Kier alpha value is -3.07. The number of benzene rings is 2. The number of nitrogens with zero attached hydrogens (tertiary/aromatic N) is 3. The molecule has 10 heteroatoms. The highest BCUT2D eigenvalue weighted by molar-refractivity contribution is 6.42. The molecule has 0 aliphatic heterocycles. The third-order valence-corrected chi connectivity index (χ3v) is 6.19. The minimum absolute atomic E-state index is 0.194. The smallest absolute Gasteiger partial charge is 0.322 e. The van der Waals surface area contributed by atoms with Crippen molar-refractivity contribution in [1.29, 1.82) is 0 Å². The number of hydrogen-bond donors (Lipinski definition) is 2. The van der Waals surface area contributed by atoms with Crippen molar-refractivity contribution in [2.45, 2.75) is 33.1 Å². The van der Waals surface area contributed by atoms with Gasteiger partial charge in [0.2, 0.25) is 5.91 Å². The Bertz CT molecular complexity index is 1240. The first-order chi connectivity index (χ1) is 17.0. The predicted molar refractivity (Wildman–Crippen MR) is 145 cm³/mol. The molecule has 0 unspecified atom stereocenters. The summed E-state index contributed by atoms with van der Waals surface area (Å²) in [5, 5.41) is 11.1. The molecule has 3 aromatic rings. The van der Waals surface area contributed by atoms with E-state index in [1.54, 1.807) is 22.9 Å². The molecule has 3 amide bonds. The van der Waals surface area contributed by atoms with Crippen molar-refractivity contribution in [2.75, 3.05) is 37.4 Å². The van der Waals surface area contributed by atoms with E-state index in [9.17, 15) is 9.59 Å². The second-order valence-corrected chi connectivity index (χ2v) is 10.2. The first-order valence-electron chi connectivity index (χ1n) is 11.5. The lowest BCUT2D eigenvalue weighted by Crippen LogP contribution is -2.42. The van der Waals surface area contributed by atoms with E-state index in [0.29, 0.717) is 21.6 Å². The van der Waals surface area contributed by atoms with Crippen molar-refractivity contribution in [3.8, 4) is 5.69 Å². The van der Waals surface area contributed by atoms with E-state index in [0.717, 1.165) is 16.9 Å². The standard InChI is InChI=1S/C26H31Cl2N5O3/c1-17-8-6-7-9-21(17)33-23(15-22(31-33)26(2,3)4)30-24(34)16-32(12-13-36-5)25(35)29-18-10-11-19(27)20(28)14-18/h6-11,14-15H,12-13,16H2,1-5H3,(H,29,35)(H,30,34). The third kappa shape index (κ3) is 7.00. The predicted octanol–water partition coefficient (Wildman–Crippen LogP) is 5.90. The average molecular weight is 532 g/mol. The van der Waals surface area contributed by atoms with E-state index in [1.807, 2.05) is 37.3 Å². The van der Waals surface area contributed by atoms with Gasteiger partial charge in [0.25, 0.3) is 0 Å². The summed E-state index contributed by atoms with van der Waals surface area (Å²) in [7, 11) is 1.53. The summed E-state index contributed by atoms with van der Waals surface area (Å²) >= 11 is 12.0. The highest BCUT2D eigenvalue weighted by Crippen LogP contribution is 2.28. The van der Waals surface area contributed by atoms with Crippen LogP contribution in [0.15, 0.2) is 48.5 Å². The number of rotatable bonds is 8. The van der Waals surface area contributed by atoms with Crippen LogP contribution in [-0.2, 0) is 14.9 Å². The van der Waals surface area contributed by atoms with Crippen LogP contribution in [0.2, 0.25) is 10.0 Å². The summed E-state index contributed by atoms with van der Waals surface area (Å²) < 4.78 is 6.86. The molecule has 0 radical (unpaired) electrons. The molecule has 0 bridgehead atoms. The van der Waals surface area contributed by atoms with E-state index >= 15 is 0 Å². The van der Waals surface area contributed by atoms with Gasteiger partial charge in [0, 0.05) is 30.8 Å². The number of hydrogen-bond acceptors (Lipinski definition) is 4. The number of aryl methyl sites for hydroxylation is 1. The molecule has 0 spiro atoms. The van der Waals surface area contributed by atoms with Crippen molar-refractivity contribution < 1.29 is 14.3 Å². The number of amides is 3. The fourth-order valence-electron chi connectivity index (χ4n) is 3.41. The molecule has 192 valence electrons. The summed E-state index contributed by atoms with van der Waals surface area (Å²) in [6, 6.07) is 14.0. The highest BCUT2D eigenvalue weighted by atomic mass is 35.5. The minimum Gasteiger partial charge on any atom is -0.383 e. The monoisotopic (exact) mass is 531 g/mol. The number of carbonyl (C=O) groups is 2. The molecule has 36 heavy (non-hydrogen) atoms. The van der Waals surface area contributed by atoms with Gasteiger partial charge in [-0.2, -0.15) is 5.10 Å². The van der Waals surface area contributed by atoms with Gasteiger partial charge in [-0.05, 0) is 36.8 Å². The van der Waals surface area contributed by atoms with Gasteiger partial charge in [-0.1, -0.05) is 62.2 Å². The van der Waals surface area contributed by atoms with E-state index < -0.39 is 6.03 Å². The molecule has 2 N–H and O–H groups in total. The van der Waals surface area contributed by atoms with Crippen LogP contribution < -0.4 is 10.6 Å². The number of halogens is 2. The highest BCUT2D eigenvalue weighted by Gasteiger charge is 2.23. The number of ether oxygens (including phenoxy) is 1. The number of methoxy groups -OCH3 is 1. The van der Waals surface area contributed by atoms with Crippen LogP contribution in [-0.4, -0.2) is 53.4 Å². The Balaban J connectivity index is 1.82. The maximum Gasteiger partial charge on any atom is 0.322 e. The first kappa shape index (κ1) is 27.5. The molecule has 1 heterocycles. The van der Waals surface area contributed by atoms with Crippen LogP contribution in [0.25, 0.3) is 5.69 Å². The Morgan fingerprint density at radius 3 is 2.42 bits per heavy atom. The lowest BCUT2D eigenvalue weighted by Gasteiger charge is -2.22. The van der Waals surface area contributed by atoms with Crippen molar-refractivity contribution >= 4 is 46.6 Å². The second kappa shape index (κ2) is 11.8. The largest absolute Gasteiger partial charge is 0.383 e. The van der Waals surface area contributed by atoms with Crippen LogP contribution in [0.5, 0.6) is 0 Å². The lowest BCUT2D eigenvalue weighted by atomic mass is 9.92. The molecular weight excluding hydrogens is 501 g/mol. The number of anilines is 2. The molecule has 1 aromatic heterocycles. The number of para-hydroxylation sites is 1. The summed E-state index contributed by atoms with van der Waals surface area (Å²) in [4.78, 5) is 27.4. The van der Waals surface area contributed by atoms with Gasteiger partial charge < -0.3 is 20.3 Å². The van der Waals surface area contributed by atoms with Crippen LogP contribution in [0.1, 0.15) is 32.0 Å². The molecule has 0 saturated carbocycles. The summed E-state index contributed by atoms with van der Waals surface area (Å²) in [5.74, 6) is 0.154. The van der Waals surface area contributed by atoms with Gasteiger partial charge in [0.1, 0.15) is 12.4 Å². The third-order valence-electron chi connectivity index (χ3n) is 5.45. The van der Waals surface area contributed by atoms with Crippen molar-refractivity contribution in [2.24, 2.45) is 0 Å². The maximum absolute atomic E-state index is 13.1. The quantitative estimate of drug-likeness (QED) is 0.378. The molecule has 3 rings (SSSR count). The molecule has 0 fully saturated rings. The lowest BCUT2D eigenvalue weighted by molar-refractivity contribution is -0.116. The number of urea groups is 1. The van der Waals surface area contributed by atoms with Gasteiger partial charge in [-0.25, -0.2) is 9.48 Å². The summed E-state index contributed by atoms with van der Waals surface area (Å²) in [5.41, 5.74) is 2.94. The Morgan fingerprint density at radius 1 is 1.06 bits per heavy atom. The SMILES string of the molecule is COCCN(CC(=O)Nc1cc(C(C)(C)C)nn1-c1ccccc1C)C(=O)Nc1ccc(Cl)c(Cl)c1. The Labute approximate surface area is 221 Å². The van der Waals surface area contributed by atoms with E-state index in [1.165, 1.54) is 12.0 Å². The fourth-order valence-corrected chi connectivity index (χ4v) is 3.71. The number of carbonyl (C=O) groups excluding carboxylic acids is 2. The Morgan fingerprint density at radius 2 is 1.78 bits per heavy atom. The van der Waals surface area contributed by atoms with E-state index in [2.05, 4.69) is 31.4 Å². The van der Waals surface area contributed by atoms with E-state index in [4.69, 9.17) is 33.0 Å². The first-order valence-corrected chi connectivity index (χ1v) is 12.2. The normalized spacial score (nSPS) is 11.3. The Kier molecular flexibility index (Phi) is 9.00. The number of nitrogens with one attached hydrogen (secondary N) is 2. The van der Waals surface area contributed by atoms with Gasteiger partial charge >= 0.3 is 6.03 Å². The summed E-state index contributed by atoms with van der Waals surface area (Å²) in [6.07, 6.45) is 0. The molecular formula is C26H31Cl2N5O3. The number of aromatic nitrogens is 2. The molecule has 0 aliphatic carbocycles. The zero-order valence-electron chi connectivity index (χ0n) is 21.1. The molecule has 8 nitrogen and oxygen atoms in total. The fraction of sp³-hybridized carbons (Fsp3) is 0.346. The van der Waals surface area contributed by atoms with Gasteiger partial charge in [-0.15, -0.1) is 0 Å². The molecule has 0 aliphatic rings. The van der Waals surface area contributed by atoms with Crippen LogP contribution >= 0.6 is 23.2 Å². The zero-order chi connectivity index (χ0) is 26.5.